The number of hydrogen-bond donors (Lipinski definition) is 2. The number of aromatic nitrogens is 2. The van der Waals surface area contributed by atoms with Crippen LogP contribution in [0.1, 0.15) is 23.0 Å². The van der Waals surface area contributed by atoms with E-state index in [1.165, 1.54) is 24.3 Å². The van der Waals surface area contributed by atoms with Crippen molar-refractivity contribution in [3.63, 3.8) is 0 Å². The summed E-state index contributed by atoms with van der Waals surface area (Å²) in [6.45, 7) is 1.98. The van der Waals surface area contributed by atoms with Gasteiger partial charge in [0.05, 0.1) is 11.6 Å². The molecule has 0 radical (unpaired) electrons. The van der Waals surface area contributed by atoms with Gasteiger partial charge in [-0.15, -0.1) is 0 Å². The lowest BCUT2D eigenvalue weighted by Gasteiger charge is -2.30. The maximum Gasteiger partial charge on any atom is 0.244 e. The van der Waals surface area contributed by atoms with Crippen molar-refractivity contribution in [3.05, 3.63) is 100 Å². The second-order valence-corrected chi connectivity index (χ2v) is 9.32. The molecule has 0 fully saturated rings. The zero-order chi connectivity index (χ0) is 24.8. The summed E-state index contributed by atoms with van der Waals surface area (Å²) in [7, 11) is 0. The highest BCUT2D eigenvalue weighted by molar-refractivity contribution is 6.30. The van der Waals surface area contributed by atoms with Crippen LogP contribution in [0.25, 0.3) is 11.3 Å². The summed E-state index contributed by atoms with van der Waals surface area (Å²) in [4.78, 5) is 20.1. The Bertz CT molecular complexity index is 1470. The Labute approximate surface area is 211 Å². The van der Waals surface area contributed by atoms with E-state index in [-0.39, 0.29) is 22.8 Å². The smallest absolute Gasteiger partial charge is 0.244 e. The summed E-state index contributed by atoms with van der Waals surface area (Å²) < 4.78 is 29.7. The van der Waals surface area contributed by atoms with Gasteiger partial charge in [0.15, 0.2) is 0 Å². The van der Waals surface area contributed by atoms with Gasteiger partial charge in [-0.3, -0.25) is 10.1 Å². The van der Waals surface area contributed by atoms with Gasteiger partial charge < -0.3 is 14.8 Å². The van der Waals surface area contributed by atoms with Crippen LogP contribution in [0, 0.1) is 11.6 Å². The molecule has 0 bridgehead atoms. The first kappa shape index (κ1) is 22.7. The van der Waals surface area contributed by atoms with Crippen molar-refractivity contribution < 1.29 is 13.6 Å². The number of fused-ring (bicyclic) bond motifs is 2. The Balaban J connectivity index is 1.34. The number of carbonyl (C=O) groups excluding carboxylic acids is 1. The van der Waals surface area contributed by atoms with Crippen LogP contribution in [0.4, 0.5) is 20.3 Å². The van der Waals surface area contributed by atoms with Gasteiger partial charge in [-0.1, -0.05) is 35.9 Å². The first-order chi connectivity index (χ1) is 17.5. The van der Waals surface area contributed by atoms with E-state index in [1.54, 1.807) is 18.2 Å². The molecule has 6 nitrogen and oxygen atoms in total. The summed E-state index contributed by atoms with van der Waals surface area (Å²) in [5, 5.41) is 6.62. The van der Waals surface area contributed by atoms with Crippen LogP contribution in [0.5, 0.6) is 0 Å². The van der Waals surface area contributed by atoms with Crippen molar-refractivity contribution in [1.29, 1.82) is 0 Å². The minimum Gasteiger partial charge on any atom is -0.340 e. The van der Waals surface area contributed by atoms with Gasteiger partial charge in [-0.2, -0.15) is 0 Å². The van der Waals surface area contributed by atoms with Gasteiger partial charge in [0.2, 0.25) is 5.91 Å². The second-order valence-electron chi connectivity index (χ2n) is 8.91. The van der Waals surface area contributed by atoms with Gasteiger partial charge in [0.1, 0.15) is 35.0 Å². The van der Waals surface area contributed by atoms with Crippen LogP contribution in [-0.2, 0) is 24.4 Å². The standard InChI is InChI=1S/C27H22ClF2N5O/c28-21-10-9-19(13-22(21)30)32-26-24(16-5-7-18(29)8-6-16)33-23-15-34(11-12-35(23)26)27(36)25-20-4-2-1-3-17(20)14-31-25/h1-10,13,25,31-32H,11-12,14-15H2. The molecule has 1 unspecified atom stereocenters. The molecule has 3 aromatic carbocycles. The van der Waals surface area contributed by atoms with Crippen molar-refractivity contribution in [2.24, 2.45) is 0 Å². The molecule has 1 amide bonds. The fourth-order valence-corrected chi connectivity index (χ4v) is 4.98. The Morgan fingerprint density at radius 3 is 2.67 bits per heavy atom. The van der Waals surface area contributed by atoms with Crippen molar-refractivity contribution in [1.82, 2.24) is 19.8 Å². The molecule has 0 saturated heterocycles. The van der Waals surface area contributed by atoms with Gasteiger partial charge in [0.25, 0.3) is 0 Å². The second kappa shape index (κ2) is 9.04. The SMILES string of the molecule is O=C(C1NCc2ccccc21)N1CCn2c(nc(-c3ccc(F)cc3)c2Nc2ccc(Cl)c(F)c2)C1. The molecule has 1 aromatic heterocycles. The lowest BCUT2D eigenvalue weighted by molar-refractivity contribution is -0.135. The van der Waals surface area contributed by atoms with E-state index in [0.717, 1.165) is 11.1 Å². The Hall–Kier alpha value is -3.75. The number of rotatable bonds is 4. The highest BCUT2D eigenvalue weighted by atomic mass is 35.5. The van der Waals surface area contributed by atoms with E-state index in [9.17, 15) is 13.6 Å². The molecule has 4 aromatic rings. The highest BCUT2D eigenvalue weighted by Crippen LogP contribution is 2.35. The van der Waals surface area contributed by atoms with E-state index in [2.05, 4.69) is 10.6 Å². The van der Waals surface area contributed by atoms with Crippen LogP contribution in [0.15, 0.2) is 66.7 Å². The maximum atomic E-state index is 14.1. The van der Waals surface area contributed by atoms with Crippen LogP contribution >= 0.6 is 11.6 Å². The zero-order valence-corrected chi connectivity index (χ0v) is 19.9. The lowest BCUT2D eigenvalue weighted by atomic mass is 10.0. The highest BCUT2D eigenvalue weighted by Gasteiger charge is 2.34. The van der Waals surface area contributed by atoms with Crippen LogP contribution in [0.2, 0.25) is 5.02 Å². The third kappa shape index (κ3) is 4.02. The number of anilines is 2. The summed E-state index contributed by atoms with van der Waals surface area (Å²) in [5.41, 5.74) is 3.96. The van der Waals surface area contributed by atoms with Crippen molar-refractivity contribution in [2.75, 3.05) is 11.9 Å². The fourth-order valence-electron chi connectivity index (χ4n) is 4.87. The van der Waals surface area contributed by atoms with Crippen LogP contribution in [0.3, 0.4) is 0 Å². The summed E-state index contributed by atoms with van der Waals surface area (Å²) in [5.74, 6) is 0.460. The topological polar surface area (TPSA) is 62.2 Å². The van der Waals surface area contributed by atoms with Crippen LogP contribution < -0.4 is 10.6 Å². The molecular weight excluding hydrogens is 484 g/mol. The number of hydrogen-bond acceptors (Lipinski definition) is 4. The average Bonchev–Trinajstić information content (AvgIpc) is 3.48. The number of halogens is 3. The molecule has 2 aliphatic rings. The fraction of sp³-hybridized carbons (Fsp3) is 0.185. The van der Waals surface area contributed by atoms with Gasteiger partial charge in [-0.25, -0.2) is 13.8 Å². The molecule has 182 valence electrons. The van der Waals surface area contributed by atoms with Crippen molar-refractivity contribution in [2.45, 2.75) is 25.7 Å². The monoisotopic (exact) mass is 505 g/mol. The van der Waals surface area contributed by atoms with E-state index in [0.29, 0.717) is 54.8 Å². The molecule has 6 rings (SSSR count). The molecule has 9 heteroatoms. The molecule has 0 saturated carbocycles. The number of nitrogens with one attached hydrogen (secondary N) is 2. The normalized spacial score (nSPS) is 16.5. The molecule has 0 aliphatic carbocycles. The molecule has 36 heavy (non-hydrogen) atoms. The molecule has 2 N–H and O–H groups in total. The molecular formula is C27H22ClF2N5O. The van der Waals surface area contributed by atoms with Gasteiger partial charge in [-0.05, 0) is 53.6 Å². The largest absolute Gasteiger partial charge is 0.340 e. The first-order valence-corrected chi connectivity index (χ1v) is 12.0. The Kier molecular flexibility index (Phi) is 5.70. The lowest BCUT2D eigenvalue weighted by Crippen LogP contribution is -2.43. The quantitative estimate of drug-likeness (QED) is 0.389. The number of imidazole rings is 1. The molecule has 2 aliphatic heterocycles. The number of benzene rings is 3. The molecule has 1 atom stereocenters. The van der Waals surface area contributed by atoms with Crippen molar-refractivity contribution in [3.8, 4) is 11.3 Å². The van der Waals surface area contributed by atoms with E-state index >= 15 is 0 Å². The predicted molar refractivity (Wildman–Crippen MR) is 134 cm³/mol. The number of carbonyl (C=O) groups is 1. The Morgan fingerprint density at radius 1 is 1.06 bits per heavy atom. The van der Waals surface area contributed by atoms with E-state index in [1.807, 2.05) is 33.7 Å². The predicted octanol–water partition coefficient (Wildman–Crippen LogP) is 5.41. The third-order valence-electron chi connectivity index (χ3n) is 6.69. The Morgan fingerprint density at radius 2 is 1.86 bits per heavy atom. The molecule has 0 spiro atoms. The summed E-state index contributed by atoms with van der Waals surface area (Å²) >= 11 is 5.85. The molecule has 3 heterocycles. The van der Waals surface area contributed by atoms with Gasteiger partial charge in [0, 0.05) is 30.9 Å². The minimum atomic E-state index is -0.538. The minimum absolute atomic E-state index is 0.00631. The maximum absolute atomic E-state index is 14.1. The summed E-state index contributed by atoms with van der Waals surface area (Å²) in [6, 6.07) is 18.1. The number of nitrogens with zero attached hydrogens (tertiary/aromatic N) is 3. The van der Waals surface area contributed by atoms with Gasteiger partial charge >= 0.3 is 0 Å². The average molecular weight is 506 g/mol. The van der Waals surface area contributed by atoms with E-state index < -0.39 is 5.82 Å². The number of amides is 1. The third-order valence-corrected chi connectivity index (χ3v) is 7.00. The zero-order valence-electron chi connectivity index (χ0n) is 19.1. The van der Waals surface area contributed by atoms with Crippen LogP contribution in [-0.4, -0.2) is 26.9 Å². The van der Waals surface area contributed by atoms with E-state index in [4.69, 9.17) is 16.6 Å². The first-order valence-electron chi connectivity index (χ1n) is 11.7. The van der Waals surface area contributed by atoms with Crippen molar-refractivity contribution >= 4 is 29.0 Å². The summed E-state index contributed by atoms with van der Waals surface area (Å²) in [6.07, 6.45) is 0.